The fourth-order valence-corrected chi connectivity index (χ4v) is 2.11. The second-order valence-electron chi connectivity index (χ2n) is 5.43. The number of hydrogen-bond donors (Lipinski definition) is 1. The molecule has 6 heteroatoms. The molecular weight excluding hydrogens is 316 g/mol. The highest BCUT2D eigenvalue weighted by Crippen LogP contribution is 2.13. The summed E-state index contributed by atoms with van der Waals surface area (Å²) in [5, 5.41) is 2.68. The van der Waals surface area contributed by atoms with Crippen LogP contribution in [0.1, 0.15) is 34.5 Å². The number of carbonyl (C=O) groups is 2. The summed E-state index contributed by atoms with van der Waals surface area (Å²) in [6.45, 7) is 3.22. The molecule has 0 saturated carbocycles. The Morgan fingerprint density at radius 2 is 1.67 bits per heavy atom. The van der Waals surface area contributed by atoms with E-state index >= 15 is 0 Å². The number of benzene rings is 2. The van der Waals surface area contributed by atoms with E-state index in [1.807, 2.05) is 31.2 Å². The highest BCUT2D eigenvalue weighted by molar-refractivity contribution is 5.91. The average Bonchev–Trinajstić information content (AvgIpc) is 2.52. The molecule has 0 bridgehead atoms. The highest BCUT2D eigenvalue weighted by atomic mass is 19.1. The van der Waals surface area contributed by atoms with Crippen molar-refractivity contribution in [3.8, 4) is 0 Å². The molecule has 0 aliphatic rings. The molecule has 0 saturated heterocycles. The minimum Gasteiger partial charge on any atom is -0.452 e. The van der Waals surface area contributed by atoms with Gasteiger partial charge >= 0.3 is 5.97 Å². The average molecular weight is 333 g/mol. The highest BCUT2D eigenvalue weighted by Gasteiger charge is 2.14. The minimum absolute atomic E-state index is 0.261. The molecule has 0 aliphatic heterocycles. The van der Waals surface area contributed by atoms with Gasteiger partial charge in [0.25, 0.3) is 5.91 Å². The number of halogens is 2. The summed E-state index contributed by atoms with van der Waals surface area (Å²) in [5.74, 6) is -3.25. The molecule has 2 rings (SSSR count). The summed E-state index contributed by atoms with van der Waals surface area (Å²) < 4.78 is 30.9. The first kappa shape index (κ1) is 17.6. The number of carbonyl (C=O) groups excluding carboxylic acids is 2. The standard InChI is InChI=1S/C18H17F2NO3/c1-11-3-5-13(6-4-11)12(2)21-17(22)10-24-18(23)14-7-15(19)9-16(20)8-14/h3-9,12H,10H2,1-2H3,(H,21,22)/t12-/m0/s1. The Bertz CT molecular complexity index is 724. The third-order valence-electron chi connectivity index (χ3n) is 3.39. The molecule has 0 aliphatic carbocycles. The second-order valence-corrected chi connectivity index (χ2v) is 5.43. The first-order chi connectivity index (χ1) is 11.3. The van der Waals surface area contributed by atoms with Crippen LogP contribution in [0.15, 0.2) is 42.5 Å². The van der Waals surface area contributed by atoms with Crippen molar-refractivity contribution in [3.63, 3.8) is 0 Å². The number of rotatable bonds is 5. The lowest BCUT2D eigenvalue weighted by Gasteiger charge is -2.14. The molecule has 2 aromatic carbocycles. The molecule has 1 N–H and O–H groups in total. The van der Waals surface area contributed by atoms with E-state index in [2.05, 4.69) is 5.32 Å². The van der Waals surface area contributed by atoms with Crippen molar-refractivity contribution in [2.75, 3.05) is 6.61 Å². The fourth-order valence-electron chi connectivity index (χ4n) is 2.11. The molecule has 24 heavy (non-hydrogen) atoms. The van der Waals surface area contributed by atoms with Gasteiger partial charge < -0.3 is 10.1 Å². The van der Waals surface area contributed by atoms with Gasteiger partial charge in [-0.3, -0.25) is 4.79 Å². The molecule has 2 aromatic rings. The zero-order chi connectivity index (χ0) is 17.7. The fraction of sp³-hybridized carbons (Fsp3) is 0.222. The van der Waals surface area contributed by atoms with E-state index < -0.39 is 30.1 Å². The van der Waals surface area contributed by atoms with Crippen molar-refractivity contribution in [3.05, 3.63) is 70.8 Å². The van der Waals surface area contributed by atoms with Gasteiger partial charge in [0.15, 0.2) is 6.61 Å². The van der Waals surface area contributed by atoms with Gasteiger partial charge in [0.1, 0.15) is 11.6 Å². The van der Waals surface area contributed by atoms with Gasteiger partial charge in [-0.05, 0) is 31.5 Å². The summed E-state index contributed by atoms with van der Waals surface area (Å²) >= 11 is 0. The third kappa shape index (κ3) is 4.87. The maximum absolute atomic E-state index is 13.0. The first-order valence-corrected chi connectivity index (χ1v) is 7.34. The largest absolute Gasteiger partial charge is 0.452 e. The molecule has 4 nitrogen and oxygen atoms in total. The van der Waals surface area contributed by atoms with Crippen molar-refractivity contribution in [1.29, 1.82) is 0 Å². The van der Waals surface area contributed by atoms with Crippen LogP contribution in [0.2, 0.25) is 0 Å². The number of amides is 1. The monoisotopic (exact) mass is 333 g/mol. The van der Waals surface area contributed by atoms with Gasteiger partial charge in [0, 0.05) is 6.07 Å². The Kier molecular flexibility index (Phi) is 5.63. The Hall–Kier alpha value is -2.76. The van der Waals surface area contributed by atoms with Crippen molar-refractivity contribution in [1.82, 2.24) is 5.32 Å². The Labute approximate surface area is 138 Å². The topological polar surface area (TPSA) is 55.4 Å². The molecule has 126 valence electrons. The normalized spacial score (nSPS) is 11.7. The third-order valence-corrected chi connectivity index (χ3v) is 3.39. The predicted octanol–water partition coefficient (Wildman–Crippen LogP) is 3.31. The zero-order valence-electron chi connectivity index (χ0n) is 13.3. The van der Waals surface area contributed by atoms with Crippen LogP contribution < -0.4 is 5.32 Å². The molecule has 0 fully saturated rings. The molecule has 0 heterocycles. The Morgan fingerprint density at radius 1 is 1.08 bits per heavy atom. The molecule has 0 spiro atoms. The van der Waals surface area contributed by atoms with E-state index in [1.54, 1.807) is 6.92 Å². The van der Waals surface area contributed by atoms with Crippen LogP contribution in [0.5, 0.6) is 0 Å². The summed E-state index contributed by atoms with van der Waals surface area (Å²) in [6, 6.07) is 9.71. The van der Waals surface area contributed by atoms with Crippen LogP contribution in [-0.4, -0.2) is 18.5 Å². The van der Waals surface area contributed by atoms with Crippen LogP contribution in [0, 0.1) is 18.6 Å². The first-order valence-electron chi connectivity index (χ1n) is 7.34. The Morgan fingerprint density at radius 3 is 2.25 bits per heavy atom. The van der Waals surface area contributed by atoms with Crippen molar-refractivity contribution >= 4 is 11.9 Å². The van der Waals surface area contributed by atoms with E-state index in [0.717, 1.165) is 23.3 Å². The van der Waals surface area contributed by atoms with Gasteiger partial charge in [0.2, 0.25) is 0 Å². The van der Waals surface area contributed by atoms with Crippen LogP contribution >= 0.6 is 0 Å². The summed E-state index contributed by atoms with van der Waals surface area (Å²) in [6.07, 6.45) is 0. The molecule has 1 atom stereocenters. The molecule has 0 unspecified atom stereocenters. The molecule has 0 aromatic heterocycles. The predicted molar refractivity (Wildman–Crippen MR) is 84.4 cm³/mol. The van der Waals surface area contributed by atoms with E-state index in [9.17, 15) is 18.4 Å². The van der Waals surface area contributed by atoms with E-state index in [4.69, 9.17) is 4.74 Å². The van der Waals surface area contributed by atoms with Crippen LogP contribution in [0.25, 0.3) is 0 Å². The maximum atomic E-state index is 13.0. The van der Waals surface area contributed by atoms with Gasteiger partial charge in [0.05, 0.1) is 11.6 Å². The van der Waals surface area contributed by atoms with E-state index in [-0.39, 0.29) is 11.6 Å². The van der Waals surface area contributed by atoms with Gasteiger partial charge in [-0.25, -0.2) is 13.6 Å². The van der Waals surface area contributed by atoms with E-state index in [0.29, 0.717) is 6.07 Å². The summed E-state index contributed by atoms with van der Waals surface area (Å²) in [7, 11) is 0. The second kappa shape index (κ2) is 7.68. The zero-order valence-corrected chi connectivity index (χ0v) is 13.3. The van der Waals surface area contributed by atoms with Gasteiger partial charge in [-0.15, -0.1) is 0 Å². The smallest absolute Gasteiger partial charge is 0.338 e. The molecule has 0 radical (unpaired) electrons. The molecular formula is C18H17F2NO3. The lowest BCUT2D eigenvalue weighted by Crippen LogP contribution is -2.31. The maximum Gasteiger partial charge on any atom is 0.338 e. The van der Waals surface area contributed by atoms with Crippen molar-refractivity contribution < 1.29 is 23.1 Å². The molecule has 1 amide bonds. The lowest BCUT2D eigenvalue weighted by molar-refractivity contribution is -0.124. The number of ether oxygens (including phenoxy) is 1. The Balaban J connectivity index is 1.88. The number of hydrogen-bond acceptors (Lipinski definition) is 3. The van der Waals surface area contributed by atoms with Crippen molar-refractivity contribution in [2.45, 2.75) is 19.9 Å². The number of nitrogens with one attached hydrogen (secondary N) is 1. The SMILES string of the molecule is Cc1ccc([C@H](C)NC(=O)COC(=O)c2cc(F)cc(F)c2)cc1. The lowest BCUT2D eigenvalue weighted by atomic mass is 10.1. The number of aryl methyl sites for hydroxylation is 1. The van der Waals surface area contributed by atoms with Gasteiger partial charge in [-0.2, -0.15) is 0 Å². The quantitative estimate of drug-likeness (QED) is 0.854. The van der Waals surface area contributed by atoms with Gasteiger partial charge in [-0.1, -0.05) is 29.8 Å². The van der Waals surface area contributed by atoms with Crippen LogP contribution in [0.3, 0.4) is 0 Å². The van der Waals surface area contributed by atoms with Crippen LogP contribution in [0.4, 0.5) is 8.78 Å². The number of esters is 1. The summed E-state index contributed by atoms with van der Waals surface area (Å²) in [5.41, 5.74) is 1.73. The minimum atomic E-state index is -0.966. The van der Waals surface area contributed by atoms with Crippen molar-refractivity contribution in [2.24, 2.45) is 0 Å². The van der Waals surface area contributed by atoms with Crippen LogP contribution in [-0.2, 0) is 9.53 Å². The van der Waals surface area contributed by atoms with E-state index in [1.165, 1.54) is 0 Å². The summed E-state index contributed by atoms with van der Waals surface area (Å²) in [4.78, 5) is 23.5.